The smallest absolute Gasteiger partial charge is 0.271 e. The van der Waals surface area contributed by atoms with Crippen molar-refractivity contribution in [2.45, 2.75) is 19.4 Å². The molecular weight excluding hydrogens is 362 g/mol. The normalized spacial score (nSPS) is 11.9. The Morgan fingerprint density at radius 1 is 1.03 bits per heavy atom. The van der Waals surface area contributed by atoms with E-state index in [1.165, 1.54) is 17.1 Å². The number of para-hydroxylation sites is 1. The summed E-state index contributed by atoms with van der Waals surface area (Å²) in [6.07, 6.45) is 6.00. The standard InChI is InChI=1S/C23H23N5O/c1-16(17-7-3-2-4-8-17)28-23(29)21-14-27-22(15-26-21)24-12-11-18-13-25-20-10-6-5-9-19(18)20/h2-10,13-16,25H,11-12H2,1H3,(H,24,27)(H,28,29). The van der Waals surface area contributed by atoms with E-state index < -0.39 is 0 Å². The van der Waals surface area contributed by atoms with Gasteiger partial charge in [-0.1, -0.05) is 48.5 Å². The number of carbonyl (C=O) groups excluding carboxylic acids is 1. The van der Waals surface area contributed by atoms with Crippen molar-refractivity contribution >= 4 is 22.6 Å². The van der Waals surface area contributed by atoms with E-state index >= 15 is 0 Å². The molecule has 4 rings (SSSR count). The molecule has 6 nitrogen and oxygen atoms in total. The number of carbonyl (C=O) groups is 1. The third kappa shape index (κ3) is 4.43. The fraction of sp³-hybridized carbons (Fsp3) is 0.174. The Hall–Kier alpha value is -3.67. The number of aromatic amines is 1. The van der Waals surface area contributed by atoms with Crippen LogP contribution in [0.4, 0.5) is 5.82 Å². The third-order valence-corrected chi connectivity index (χ3v) is 4.91. The number of aromatic nitrogens is 3. The summed E-state index contributed by atoms with van der Waals surface area (Å²) in [5.41, 5.74) is 3.74. The number of hydrogen-bond acceptors (Lipinski definition) is 4. The van der Waals surface area contributed by atoms with Crippen molar-refractivity contribution in [1.82, 2.24) is 20.3 Å². The van der Waals surface area contributed by atoms with E-state index in [1.54, 1.807) is 6.20 Å². The molecule has 0 saturated carbocycles. The van der Waals surface area contributed by atoms with Gasteiger partial charge in [-0.05, 0) is 30.5 Å². The molecule has 2 aromatic heterocycles. The first kappa shape index (κ1) is 18.7. The zero-order valence-electron chi connectivity index (χ0n) is 16.2. The number of fused-ring (bicyclic) bond motifs is 1. The molecule has 1 amide bonds. The van der Waals surface area contributed by atoms with Crippen molar-refractivity contribution in [3.8, 4) is 0 Å². The lowest BCUT2D eigenvalue weighted by Crippen LogP contribution is -2.27. The summed E-state index contributed by atoms with van der Waals surface area (Å²) in [5, 5.41) is 7.44. The van der Waals surface area contributed by atoms with E-state index in [1.807, 2.05) is 55.6 Å². The lowest BCUT2D eigenvalue weighted by atomic mass is 10.1. The molecule has 29 heavy (non-hydrogen) atoms. The Morgan fingerprint density at radius 2 is 1.83 bits per heavy atom. The van der Waals surface area contributed by atoms with E-state index in [-0.39, 0.29) is 11.9 Å². The van der Waals surface area contributed by atoms with Crippen LogP contribution in [-0.4, -0.2) is 27.4 Å². The minimum absolute atomic E-state index is 0.0977. The summed E-state index contributed by atoms with van der Waals surface area (Å²) in [6.45, 7) is 2.68. The minimum atomic E-state index is -0.237. The average molecular weight is 385 g/mol. The van der Waals surface area contributed by atoms with Gasteiger partial charge in [0.05, 0.1) is 18.4 Å². The van der Waals surface area contributed by atoms with Crippen LogP contribution in [0.15, 0.2) is 73.2 Å². The van der Waals surface area contributed by atoms with Crippen LogP contribution in [0.2, 0.25) is 0 Å². The highest BCUT2D eigenvalue weighted by Gasteiger charge is 2.13. The monoisotopic (exact) mass is 385 g/mol. The van der Waals surface area contributed by atoms with E-state index in [4.69, 9.17) is 0 Å². The zero-order valence-corrected chi connectivity index (χ0v) is 16.2. The topological polar surface area (TPSA) is 82.7 Å². The summed E-state index contributed by atoms with van der Waals surface area (Å²) < 4.78 is 0. The predicted molar refractivity (Wildman–Crippen MR) is 115 cm³/mol. The van der Waals surface area contributed by atoms with Crippen LogP contribution in [-0.2, 0) is 6.42 Å². The van der Waals surface area contributed by atoms with Gasteiger partial charge >= 0.3 is 0 Å². The van der Waals surface area contributed by atoms with Crippen molar-refractivity contribution in [2.24, 2.45) is 0 Å². The second-order valence-electron chi connectivity index (χ2n) is 6.93. The molecule has 0 saturated heterocycles. The Labute approximate surface area is 169 Å². The molecule has 0 fully saturated rings. The van der Waals surface area contributed by atoms with Gasteiger partial charge in [0.25, 0.3) is 5.91 Å². The molecule has 2 aromatic carbocycles. The van der Waals surface area contributed by atoms with Crippen LogP contribution in [0.25, 0.3) is 10.9 Å². The summed E-state index contributed by atoms with van der Waals surface area (Å²) in [5.74, 6) is 0.414. The van der Waals surface area contributed by atoms with Crippen LogP contribution in [0, 0.1) is 0 Å². The van der Waals surface area contributed by atoms with Crippen molar-refractivity contribution in [3.63, 3.8) is 0 Å². The molecule has 6 heteroatoms. The second-order valence-corrected chi connectivity index (χ2v) is 6.93. The maximum atomic E-state index is 12.4. The second kappa shape index (κ2) is 8.56. The number of nitrogens with one attached hydrogen (secondary N) is 3. The van der Waals surface area contributed by atoms with Crippen LogP contribution in [0.1, 0.15) is 34.6 Å². The van der Waals surface area contributed by atoms with E-state index in [0.717, 1.165) is 24.0 Å². The summed E-state index contributed by atoms with van der Waals surface area (Å²) >= 11 is 0. The largest absolute Gasteiger partial charge is 0.368 e. The number of H-pyrrole nitrogens is 1. The van der Waals surface area contributed by atoms with Gasteiger partial charge in [0.15, 0.2) is 0 Å². The lowest BCUT2D eigenvalue weighted by Gasteiger charge is -2.14. The number of hydrogen-bond donors (Lipinski definition) is 3. The molecule has 2 heterocycles. The van der Waals surface area contributed by atoms with Crippen molar-refractivity contribution in [2.75, 3.05) is 11.9 Å². The molecule has 1 unspecified atom stereocenters. The Morgan fingerprint density at radius 3 is 2.62 bits per heavy atom. The predicted octanol–water partition coefficient (Wildman–Crippen LogP) is 4.10. The molecule has 4 aromatic rings. The molecule has 1 atom stereocenters. The molecule has 146 valence electrons. The Bertz CT molecular complexity index is 1090. The Balaban J connectivity index is 1.31. The number of nitrogens with zero attached hydrogens (tertiary/aromatic N) is 2. The average Bonchev–Trinajstić information content (AvgIpc) is 3.18. The van der Waals surface area contributed by atoms with Crippen LogP contribution in [0.3, 0.4) is 0 Å². The van der Waals surface area contributed by atoms with Crippen molar-refractivity contribution in [1.29, 1.82) is 0 Å². The van der Waals surface area contributed by atoms with Gasteiger partial charge in [-0.15, -0.1) is 0 Å². The van der Waals surface area contributed by atoms with E-state index in [2.05, 4.69) is 37.7 Å². The number of benzene rings is 2. The first-order valence-electron chi connectivity index (χ1n) is 9.67. The van der Waals surface area contributed by atoms with Crippen LogP contribution >= 0.6 is 0 Å². The molecular formula is C23H23N5O. The SMILES string of the molecule is CC(NC(=O)c1cnc(NCCc2c[nH]c3ccccc23)cn1)c1ccccc1. The summed E-state index contributed by atoms with van der Waals surface area (Å²) in [6, 6.07) is 18.0. The van der Waals surface area contributed by atoms with Gasteiger partial charge in [-0.25, -0.2) is 9.97 Å². The highest BCUT2D eigenvalue weighted by molar-refractivity contribution is 5.92. The highest BCUT2D eigenvalue weighted by Crippen LogP contribution is 2.18. The minimum Gasteiger partial charge on any atom is -0.368 e. The number of amides is 1. The van der Waals surface area contributed by atoms with Gasteiger partial charge in [-0.2, -0.15) is 0 Å². The first-order valence-corrected chi connectivity index (χ1v) is 9.67. The van der Waals surface area contributed by atoms with Gasteiger partial charge in [0.2, 0.25) is 0 Å². The fourth-order valence-corrected chi connectivity index (χ4v) is 3.30. The number of rotatable bonds is 7. The van der Waals surface area contributed by atoms with E-state index in [9.17, 15) is 4.79 Å². The lowest BCUT2D eigenvalue weighted by molar-refractivity contribution is 0.0934. The van der Waals surface area contributed by atoms with Crippen LogP contribution < -0.4 is 10.6 Å². The zero-order chi connectivity index (χ0) is 20.1. The third-order valence-electron chi connectivity index (χ3n) is 4.91. The molecule has 0 aliphatic rings. The molecule has 0 spiro atoms. The van der Waals surface area contributed by atoms with Crippen LogP contribution in [0.5, 0.6) is 0 Å². The summed E-state index contributed by atoms with van der Waals surface area (Å²) in [4.78, 5) is 24.2. The van der Waals surface area contributed by atoms with Crippen molar-refractivity contribution < 1.29 is 4.79 Å². The molecule has 3 N–H and O–H groups in total. The van der Waals surface area contributed by atoms with Crippen molar-refractivity contribution in [3.05, 3.63) is 90.0 Å². The highest BCUT2D eigenvalue weighted by atomic mass is 16.1. The quantitative estimate of drug-likeness (QED) is 0.447. The van der Waals surface area contributed by atoms with Gasteiger partial charge in [0, 0.05) is 23.6 Å². The van der Waals surface area contributed by atoms with Gasteiger partial charge in [-0.3, -0.25) is 4.79 Å². The number of anilines is 1. The fourth-order valence-electron chi connectivity index (χ4n) is 3.30. The molecule has 0 aliphatic heterocycles. The van der Waals surface area contributed by atoms with Gasteiger partial charge in [0.1, 0.15) is 11.5 Å². The molecule has 0 radical (unpaired) electrons. The first-order chi connectivity index (χ1) is 14.2. The maximum absolute atomic E-state index is 12.4. The molecule has 0 bridgehead atoms. The Kier molecular flexibility index (Phi) is 5.52. The van der Waals surface area contributed by atoms with E-state index in [0.29, 0.717) is 11.5 Å². The van der Waals surface area contributed by atoms with Gasteiger partial charge < -0.3 is 15.6 Å². The summed E-state index contributed by atoms with van der Waals surface area (Å²) in [7, 11) is 0. The molecule has 0 aliphatic carbocycles. The maximum Gasteiger partial charge on any atom is 0.271 e.